The molecule has 3 rings (SSSR count). The normalized spacial score (nSPS) is 15.1. The summed E-state index contributed by atoms with van der Waals surface area (Å²) >= 11 is 0. The first-order chi connectivity index (χ1) is 7.42. The summed E-state index contributed by atoms with van der Waals surface area (Å²) in [4.78, 5) is 4.40. The van der Waals surface area contributed by atoms with E-state index in [9.17, 15) is 0 Å². The Hall–Kier alpha value is -2.09. The smallest absolute Gasteiger partial charge is 0.0787 e. The van der Waals surface area contributed by atoms with Gasteiger partial charge in [0.1, 0.15) is 0 Å². The Bertz CT molecular complexity index is 508. The summed E-state index contributed by atoms with van der Waals surface area (Å²) in [5.74, 6) is 0. The number of hydrogen-bond acceptors (Lipinski definition) is 2. The van der Waals surface area contributed by atoms with Crippen molar-refractivity contribution in [1.29, 1.82) is 0 Å². The van der Waals surface area contributed by atoms with Gasteiger partial charge in [0.05, 0.1) is 5.69 Å². The maximum Gasteiger partial charge on any atom is 0.0787 e. The number of rotatable bonds is 0. The fraction of sp³-hybridized carbons (Fsp3) is 0. The van der Waals surface area contributed by atoms with Crippen LogP contribution in [0.5, 0.6) is 0 Å². The van der Waals surface area contributed by atoms with E-state index >= 15 is 0 Å². The number of fused-ring (bicyclic) bond motifs is 3. The molecular formula is C13H10N2. The summed E-state index contributed by atoms with van der Waals surface area (Å²) in [6.07, 6.45) is 3.47. The minimum Gasteiger partial charge on any atom is -0.404 e. The number of aromatic nitrogens is 1. The van der Waals surface area contributed by atoms with E-state index in [1.165, 1.54) is 11.1 Å². The van der Waals surface area contributed by atoms with Crippen molar-refractivity contribution >= 4 is 5.57 Å². The molecule has 2 N–H and O–H groups in total. The van der Waals surface area contributed by atoms with Gasteiger partial charge in [-0.05, 0) is 11.6 Å². The molecule has 0 fully saturated rings. The van der Waals surface area contributed by atoms with Crippen LogP contribution in [0.4, 0.5) is 0 Å². The maximum absolute atomic E-state index is 5.67. The van der Waals surface area contributed by atoms with Crippen LogP contribution in [-0.4, -0.2) is 4.98 Å². The number of hydrogen-bond donors (Lipinski definition) is 1. The lowest BCUT2D eigenvalue weighted by atomic mass is 10.1. The zero-order valence-electron chi connectivity index (χ0n) is 8.14. The highest BCUT2D eigenvalue weighted by molar-refractivity contribution is 5.99. The van der Waals surface area contributed by atoms with E-state index in [0.717, 1.165) is 16.8 Å². The lowest BCUT2D eigenvalue weighted by molar-refractivity contribution is 1.33. The maximum atomic E-state index is 5.67. The van der Waals surface area contributed by atoms with E-state index < -0.39 is 0 Å². The van der Waals surface area contributed by atoms with Crippen LogP contribution in [0, 0.1) is 0 Å². The highest BCUT2D eigenvalue weighted by atomic mass is 14.7. The van der Waals surface area contributed by atoms with Gasteiger partial charge in [0.2, 0.25) is 0 Å². The Morgan fingerprint density at radius 2 is 1.67 bits per heavy atom. The molecule has 0 radical (unpaired) electrons. The van der Waals surface area contributed by atoms with Crippen molar-refractivity contribution in [3.63, 3.8) is 0 Å². The second-order valence-corrected chi connectivity index (χ2v) is 3.53. The second-order valence-electron chi connectivity index (χ2n) is 3.53. The standard InChI is InChI=1S/C13H10N2/c14-8-12-9-4-1-2-5-10(9)13-11(12)6-3-7-15-13/h1-8H,14H2/b12-8-. The predicted molar refractivity (Wildman–Crippen MR) is 60.9 cm³/mol. The van der Waals surface area contributed by atoms with Crippen molar-refractivity contribution in [1.82, 2.24) is 4.98 Å². The van der Waals surface area contributed by atoms with Crippen LogP contribution >= 0.6 is 0 Å². The molecule has 1 aromatic carbocycles. The van der Waals surface area contributed by atoms with Gasteiger partial charge in [-0.15, -0.1) is 0 Å². The average molecular weight is 194 g/mol. The van der Waals surface area contributed by atoms with Gasteiger partial charge in [-0.1, -0.05) is 30.3 Å². The van der Waals surface area contributed by atoms with Gasteiger partial charge in [-0.3, -0.25) is 4.98 Å². The quantitative estimate of drug-likeness (QED) is 0.597. The van der Waals surface area contributed by atoms with Crippen LogP contribution in [0.15, 0.2) is 48.8 Å². The zero-order chi connectivity index (χ0) is 10.3. The molecule has 0 saturated heterocycles. The summed E-state index contributed by atoms with van der Waals surface area (Å²) in [5, 5.41) is 0. The van der Waals surface area contributed by atoms with Crippen LogP contribution in [0.1, 0.15) is 11.1 Å². The van der Waals surface area contributed by atoms with Crippen LogP contribution < -0.4 is 5.73 Å². The van der Waals surface area contributed by atoms with Gasteiger partial charge in [0.15, 0.2) is 0 Å². The molecule has 0 aliphatic heterocycles. The lowest BCUT2D eigenvalue weighted by Crippen LogP contribution is -1.87. The molecule has 0 bridgehead atoms. The molecular weight excluding hydrogens is 184 g/mol. The first-order valence-corrected chi connectivity index (χ1v) is 4.89. The van der Waals surface area contributed by atoms with Crippen molar-refractivity contribution < 1.29 is 0 Å². The summed E-state index contributed by atoms with van der Waals surface area (Å²) in [5.41, 5.74) is 11.3. The number of nitrogens with two attached hydrogens (primary N) is 1. The predicted octanol–water partition coefficient (Wildman–Crippen LogP) is 2.41. The summed E-state index contributed by atoms with van der Waals surface area (Å²) in [6.45, 7) is 0. The van der Waals surface area contributed by atoms with E-state index in [0.29, 0.717) is 0 Å². The second kappa shape index (κ2) is 2.95. The van der Waals surface area contributed by atoms with Crippen molar-refractivity contribution in [2.75, 3.05) is 0 Å². The molecule has 1 aliphatic carbocycles. The molecule has 1 aromatic heterocycles. The SMILES string of the molecule is N/C=C1/c2ccccc2-c2ncccc21. The van der Waals surface area contributed by atoms with E-state index in [2.05, 4.69) is 23.2 Å². The van der Waals surface area contributed by atoms with Gasteiger partial charge in [0.25, 0.3) is 0 Å². The third-order valence-corrected chi connectivity index (χ3v) is 2.74. The Labute approximate surface area is 88.1 Å². The van der Waals surface area contributed by atoms with Crippen LogP contribution in [0.2, 0.25) is 0 Å². The van der Waals surface area contributed by atoms with E-state index in [-0.39, 0.29) is 0 Å². The van der Waals surface area contributed by atoms with Crippen LogP contribution in [0.25, 0.3) is 16.8 Å². The lowest BCUT2D eigenvalue weighted by Gasteiger charge is -1.98. The van der Waals surface area contributed by atoms with Crippen LogP contribution in [0.3, 0.4) is 0 Å². The zero-order valence-corrected chi connectivity index (χ0v) is 8.14. The minimum atomic E-state index is 1.03. The van der Waals surface area contributed by atoms with Gasteiger partial charge in [-0.25, -0.2) is 0 Å². The van der Waals surface area contributed by atoms with Crippen molar-refractivity contribution in [2.45, 2.75) is 0 Å². The molecule has 2 aromatic rings. The Balaban J connectivity index is 2.41. The van der Waals surface area contributed by atoms with E-state index in [1.54, 1.807) is 6.20 Å². The Morgan fingerprint density at radius 3 is 2.47 bits per heavy atom. The molecule has 0 atom stereocenters. The highest BCUT2D eigenvalue weighted by Crippen LogP contribution is 2.41. The van der Waals surface area contributed by atoms with Crippen LogP contribution in [-0.2, 0) is 0 Å². The molecule has 0 amide bonds. The Kier molecular flexibility index (Phi) is 1.62. The molecule has 0 spiro atoms. The molecule has 0 unspecified atom stereocenters. The topological polar surface area (TPSA) is 38.9 Å². The highest BCUT2D eigenvalue weighted by Gasteiger charge is 2.22. The number of nitrogens with zero attached hydrogens (tertiary/aromatic N) is 1. The first kappa shape index (κ1) is 8.24. The summed E-state index contributed by atoms with van der Waals surface area (Å²) < 4.78 is 0. The molecule has 15 heavy (non-hydrogen) atoms. The van der Waals surface area contributed by atoms with Gasteiger partial charge in [-0.2, -0.15) is 0 Å². The van der Waals surface area contributed by atoms with Crippen molar-refractivity contribution in [3.8, 4) is 11.3 Å². The average Bonchev–Trinajstić information content (AvgIpc) is 2.63. The van der Waals surface area contributed by atoms with Crippen molar-refractivity contribution in [3.05, 3.63) is 59.9 Å². The number of benzene rings is 1. The molecule has 2 nitrogen and oxygen atoms in total. The van der Waals surface area contributed by atoms with Gasteiger partial charge >= 0.3 is 0 Å². The van der Waals surface area contributed by atoms with Crippen molar-refractivity contribution in [2.24, 2.45) is 5.73 Å². The Morgan fingerprint density at radius 1 is 0.933 bits per heavy atom. The fourth-order valence-corrected chi connectivity index (χ4v) is 2.09. The molecule has 1 aliphatic rings. The van der Waals surface area contributed by atoms with Gasteiger partial charge < -0.3 is 5.73 Å². The van der Waals surface area contributed by atoms with E-state index in [1.807, 2.05) is 24.4 Å². The largest absolute Gasteiger partial charge is 0.404 e. The fourth-order valence-electron chi connectivity index (χ4n) is 2.09. The molecule has 72 valence electrons. The summed E-state index contributed by atoms with van der Waals surface area (Å²) in [7, 11) is 0. The third-order valence-electron chi connectivity index (χ3n) is 2.74. The first-order valence-electron chi connectivity index (χ1n) is 4.89. The minimum absolute atomic E-state index is 1.03. The number of pyridine rings is 1. The molecule has 1 heterocycles. The van der Waals surface area contributed by atoms with E-state index in [4.69, 9.17) is 5.73 Å². The third kappa shape index (κ3) is 1.02. The monoisotopic (exact) mass is 194 g/mol. The molecule has 0 saturated carbocycles. The summed E-state index contributed by atoms with van der Waals surface area (Å²) in [6, 6.07) is 12.2. The molecule has 2 heteroatoms. The van der Waals surface area contributed by atoms with Gasteiger partial charge in [0, 0.05) is 29.1 Å².